The molecule has 8 nitrogen and oxygen atoms in total. The van der Waals surface area contributed by atoms with Gasteiger partial charge in [0.2, 0.25) is 0 Å². The predicted octanol–water partition coefficient (Wildman–Crippen LogP) is 3.62. The molecule has 0 fully saturated rings. The van der Waals surface area contributed by atoms with Crippen molar-refractivity contribution in [1.29, 1.82) is 0 Å². The molecule has 0 atom stereocenters. The molecule has 2 heterocycles. The molecule has 2 N–H and O–H groups in total. The SMILES string of the molecule is CCNC(=NCc1ccn(-c2ccc(OC)cc2)n1)Nc1ccc2c(c1)OCCCO2. The van der Waals surface area contributed by atoms with Crippen molar-refractivity contribution < 1.29 is 14.2 Å². The van der Waals surface area contributed by atoms with Gasteiger partial charge >= 0.3 is 0 Å². The molecule has 0 amide bonds. The van der Waals surface area contributed by atoms with Crippen LogP contribution in [0.15, 0.2) is 59.7 Å². The maximum atomic E-state index is 5.77. The highest BCUT2D eigenvalue weighted by Gasteiger charge is 2.11. The topological polar surface area (TPSA) is 81.9 Å². The van der Waals surface area contributed by atoms with E-state index in [0.717, 1.165) is 47.3 Å². The average Bonchev–Trinajstić information content (AvgIpc) is 3.15. The number of aromatic nitrogens is 2. The van der Waals surface area contributed by atoms with Gasteiger partial charge in [-0.15, -0.1) is 0 Å². The Morgan fingerprint density at radius 1 is 1.10 bits per heavy atom. The number of hydrogen-bond donors (Lipinski definition) is 2. The summed E-state index contributed by atoms with van der Waals surface area (Å²) >= 11 is 0. The summed E-state index contributed by atoms with van der Waals surface area (Å²) in [6.07, 6.45) is 2.81. The Hall–Kier alpha value is -3.68. The van der Waals surface area contributed by atoms with E-state index in [-0.39, 0.29) is 0 Å². The van der Waals surface area contributed by atoms with Crippen LogP contribution in [-0.2, 0) is 6.54 Å². The summed E-state index contributed by atoms with van der Waals surface area (Å²) in [4.78, 5) is 4.67. The van der Waals surface area contributed by atoms with E-state index in [1.54, 1.807) is 7.11 Å². The molecule has 2 aromatic carbocycles. The van der Waals surface area contributed by atoms with Gasteiger partial charge in [-0.1, -0.05) is 0 Å². The third-order valence-electron chi connectivity index (χ3n) is 4.73. The van der Waals surface area contributed by atoms with Crippen molar-refractivity contribution in [2.45, 2.75) is 19.9 Å². The van der Waals surface area contributed by atoms with Gasteiger partial charge in [-0.05, 0) is 49.4 Å². The van der Waals surface area contributed by atoms with E-state index in [1.807, 2.05) is 66.3 Å². The number of benzene rings is 2. The largest absolute Gasteiger partial charge is 0.497 e. The van der Waals surface area contributed by atoms with Crippen LogP contribution in [0.5, 0.6) is 17.2 Å². The Balaban J connectivity index is 1.44. The zero-order chi connectivity index (χ0) is 21.5. The van der Waals surface area contributed by atoms with E-state index < -0.39 is 0 Å². The lowest BCUT2D eigenvalue weighted by atomic mass is 10.3. The number of anilines is 1. The van der Waals surface area contributed by atoms with Gasteiger partial charge in [-0.2, -0.15) is 5.10 Å². The Morgan fingerprint density at radius 2 is 1.90 bits per heavy atom. The normalized spacial score (nSPS) is 13.4. The fourth-order valence-corrected chi connectivity index (χ4v) is 3.17. The second-order valence-electron chi connectivity index (χ2n) is 6.98. The van der Waals surface area contributed by atoms with Gasteiger partial charge in [0.1, 0.15) is 5.75 Å². The molecule has 1 aromatic heterocycles. The van der Waals surface area contributed by atoms with Crippen LogP contribution in [0.2, 0.25) is 0 Å². The van der Waals surface area contributed by atoms with Gasteiger partial charge in [-0.25, -0.2) is 9.67 Å². The lowest BCUT2D eigenvalue weighted by molar-refractivity contribution is 0.297. The molecule has 31 heavy (non-hydrogen) atoms. The Bertz CT molecular complexity index is 1030. The number of rotatable bonds is 6. The van der Waals surface area contributed by atoms with E-state index >= 15 is 0 Å². The molecular formula is C23H27N5O3. The number of nitrogens with zero attached hydrogens (tertiary/aromatic N) is 3. The lowest BCUT2D eigenvalue weighted by Crippen LogP contribution is -2.30. The smallest absolute Gasteiger partial charge is 0.196 e. The number of hydrogen-bond acceptors (Lipinski definition) is 5. The molecule has 0 saturated carbocycles. The van der Waals surface area contributed by atoms with Crippen molar-refractivity contribution in [2.24, 2.45) is 4.99 Å². The molecule has 0 bridgehead atoms. The minimum atomic E-state index is 0.447. The minimum absolute atomic E-state index is 0.447. The summed E-state index contributed by atoms with van der Waals surface area (Å²) in [6, 6.07) is 15.5. The Kier molecular flexibility index (Phi) is 6.56. The summed E-state index contributed by atoms with van der Waals surface area (Å²) in [5.74, 6) is 3.01. The lowest BCUT2D eigenvalue weighted by Gasteiger charge is -2.13. The van der Waals surface area contributed by atoms with Gasteiger partial charge in [0, 0.05) is 30.9 Å². The molecule has 1 aliphatic heterocycles. The first-order chi connectivity index (χ1) is 15.2. The summed E-state index contributed by atoms with van der Waals surface area (Å²) in [5, 5.41) is 11.2. The summed E-state index contributed by atoms with van der Waals surface area (Å²) in [6.45, 7) is 4.55. The van der Waals surface area contributed by atoms with Gasteiger partial charge in [0.25, 0.3) is 0 Å². The van der Waals surface area contributed by atoms with Crippen molar-refractivity contribution in [3.63, 3.8) is 0 Å². The zero-order valence-corrected chi connectivity index (χ0v) is 17.8. The van der Waals surface area contributed by atoms with Crippen LogP contribution < -0.4 is 24.8 Å². The molecule has 8 heteroatoms. The number of ether oxygens (including phenoxy) is 3. The zero-order valence-electron chi connectivity index (χ0n) is 17.8. The van der Waals surface area contributed by atoms with Crippen LogP contribution in [0.25, 0.3) is 5.69 Å². The van der Waals surface area contributed by atoms with E-state index in [2.05, 4.69) is 20.7 Å². The van der Waals surface area contributed by atoms with Crippen molar-refractivity contribution in [3.05, 3.63) is 60.4 Å². The fraction of sp³-hybridized carbons (Fsp3) is 0.304. The highest BCUT2D eigenvalue weighted by molar-refractivity contribution is 5.93. The number of fused-ring (bicyclic) bond motifs is 1. The van der Waals surface area contributed by atoms with Gasteiger partial charge in [0.15, 0.2) is 17.5 Å². The molecule has 0 spiro atoms. The first-order valence-corrected chi connectivity index (χ1v) is 10.4. The summed E-state index contributed by atoms with van der Waals surface area (Å²) < 4.78 is 18.5. The molecule has 0 saturated heterocycles. The molecule has 1 aliphatic rings. The second kappa shape index (κ2) is 9.88. The van der Waals surface area contributed by atoms with Crippen LogP contribution >= 0.6 is 0 Å². The molecule has 3 aromatic rings. The molecule has 0 unspecified atom stereocenters. The van der Waals surface area contributed by atoms with Crippen LogP contribution in [0, 0.1) is 0 Å². The summed E-state index contributed by atoms with van der Waals surface area (Å²) in [5.41, 5.74) is 2.72. The molecular weight excluding hydrogens is 394 g/mol. The monoisotopic (exact) mass is 421 g/mol. The first kappa shape index (κ1) is 20.6. The van der Waals surface area contributed by atoms with Gasteiger partial charge in [-0.3, -0.25) is 0 Å². The number of aliphatic imine (C=N–C) groups is 1. The van der Waals surface area contributed by atoms with Crippen molar-refractivity contribution in [3.8, 4) is 22.9 Å². The van der Waals surface area contributed by atoms with Crippen LogP contribution in [-0.4, -0.2) is 42.6 Å². The minimum Gasteiger partial charge on any atom is -0.497 e. The van der Waals surface area contributed by atoms with Crippen LogP contribution in [0.1, 0.15) is 19.0 Å². The van der Waals surface area contributed by atoms with Crippen LogP contribution in [0.4, 0.5) is 5.69 Å². The molecule has 0 aliphatic carbocycles. The van der Waals surface area contributed by atoms with E-state index in [1.165, 1.54) is 0 Å². The maximum absolute atomic E-state index is 5.77. The predicted molar refractivity (Wildman–Crippen MR) is 121 cm³/mol. The van der Waals surface area contributed by atoms with Gasteiger partial charge < -0.3 is 24.8 Å². The Labute approximate surface area is 181 Å². The van der Waals surface area contributed by atoms with E-state index in [4.69, 9.17) is 14.2 Å². The molecule has 4 rings (SSSR count). The fourth-order valence-electron chi connectivity index (χ4n) is 3.17. The third kappa shape index (κ3) is 5.28. The van der Waals surface area contributed by atoms with Crippen molar-refractivity contribution >= 4 is 11.6 Å². The van der Waals surface area contributed by atoms with E-state index in [0.29, 0.717) is 25.7 Å². The third-order valence-corrected chi connectivity index (χ3v) is 4.73. The van der Waals surface area contributed by atoms with Crippen molar-refractivity contribution in [1.82, 2.24) is 15.1 Å². The number of methoxy groups -OCH3 is 1. The van der Waals surface area contributed by atoms with E-state index in [9.17, 15) is 0 Å². The standard InChI is InChI=1S/C23H27N5O3/c1-3-24-23(26-17-5-10-21-22(15-17)31-14-4-13-30-21)25-16-18-11-12-28(27-18)19-6-8-20(29-2)9-7-19/h5-12,15H,3-4,13-14,16H2,1-2H3,(H2,24,25,26). The van der Waals surface area contributed by atoms with Crippen LogP contribution in [0.3, 0.4) is 0 Å². The van der Waals surface area contributed by atoms with Crippen molar-refractivity contribution in [2.75, 3.05) is 32.2 Å². The molecule has 162 valence electrons. The maximum Gasteiger partial charge on any atom is 0.196 e. The first-order valence-electron chi connectivity index (χ1n) is 10.4. The highest BCUT2D eigenvalue weighted by atomic mass is 16.5. The quantitative estimate of drug-likeness (QED) is 0.467. The summed E-state index contributed by atoms with van der Waals surface area (Å²) in [7, 11) is 1.65. The molecule has 0 radical (unpaired) electrons. The highest BCUT2D eigenvalue weighted by Crippen LogP contribution is 2.32. The number of nitrogens with one attached hydrogen (secondary N) is 2. The van der Waals surface area contributed by atoms with Gasteiger partial charge in [0.05, 0.1) is 38.2 Å². The number of guanidine groups is 1. The average molecular weight is 422 g/mol. The Morgan fingerprint density at radius 3 is 2.68 bits per heavy atom. The second-order valence-corrected chi connectivity index (χ2v) is 6.98.